The van der Waals surface area contributed by atoms with Crippen molar-refractivity contribution in [3.8, 4) is 0 Å². The summed E-state index contributed by atoms with van der Waals surface area (Å²) < 4.78 is 0. The van der Waals surface area contributed by atoms with E-state index < -0.39 is 10.8 Å². The van der Waals surface area contributed by atoms with Gasteiger partial charge in [0.25, 0.3) is 17.5 Å². The first-order valence-corrected chi connectivity index (χ1v) is 7.33. The maximum atomic E-state index is 12.2. The number of hydrogen-bond acceptors (Lipinski definition) is 4. The summed E-state index contributed by atoms with van der Waals surface area (Å²) in [5.74, 6) is -0.725. The molecule has 0 aromatic heterocycles. The summed E-state index contributed by atoms with van der Waals surface area (Å²) in [6, 6.07) is 11.9. The van der Waals surface area contributed by atoms with Crippen molar-refractivity contribution in [2.45, 2.75) is 19.9 Å². The molecule has 0 aliphatic heterocycles. The molecule has 0 saturated carbocycles. The standard InChI is InChI=1S/C17H17N3O4/c1-11(2)18-16(21)12-5-3-7-14(9-12)19-17(22)13-6-4-8-15(10-13)20(23)24/h3-11H,1-2H3,(H,18,21)(H,19,22). The van der Waals surface area contributed by atoms with Crippen molar-refractivity contribution >= 4 is 23.2 Å². The summed E-state index contributed by atoms with van der Waals surface area (Å²) in [6.07, 6.45) is 0. The van der Waals surface area contributed by atoms with Crippen LogP contribution in [0.5, 0.6) is 0 Å². The van der Waals surface area contributed by atoms with Crippen LogP contribution in [0.4, 0.5) is 11.4 Å². The predicted octanol–water partition coefficient (Wildman–Crippen LogP) is 2.99. The van der Waals surface area contributed by atoms with Gasteiger partial charge in [0.1, 0.15) is 0 Å². The second kappa shape index (κ2) is 7.36. The molecule has 124 valence electrons. The van der Waals surface area contributed by atoms with E-state index in [1.807, 2.05) is 13.8 Å². The van der Waals surface area contributed by atoms with E-state index in [9.17, 15) is 19.7 Å². The number of rotatable bonds is 5. The third-order valence-corrected chi connectivity index (χ3v) is 3.12. The van der Waals surface area contributed by atoms with Crippen LogP contribution in [-0.2, 0) is 0 Å². The third-order valence-electron chi connectivity index (χ3n) is 3.12. The predicted molar refractivity (Wildman–Crippen MR) is 90.1 cm³/mol. The molecule has 0 saturated heterocycles. The lowest BCUT2D eigenvalue weighted by Crippen LogP contribution is -2.30. The summed E-state index contributed by atoms with van der Waals surface area (Å²) >= 11 is 0. The van der Waals surface area contributed by atoms with Gasteiger partial charge >= 0.3 is 0 Å². The van der Waals surface area contributed by atoms with Gasteiger partial charge in [-0.25, -0.2) is 0 Å². The molecule has 2 rings (SSSR count). The maximum absolute atomic E-state index is 12.2. The van der Waals surface area contributed by atoms with Gasteiger partial charge in [0.15, 0.2) is 0 Å². The van der Waals surface area contributed by atoms with Crippen molar-refractivity contribution in [3.63, 3.8) is 0 Å². The van der Waals surface area contributed by atoms with Gasteiger partial charge in [-0.2, -0.15) is 0 Å². The first-order chi connectivity index (χ1) is 11.4. The van der Waals surface area contributed by atoms with Crippen molar-refractivity contribution in [3.05, 3.63) is 69.8 Å². The molecule has 2 aromatic carbocycles. The molecule has 0 heterocycles. The van der Waals surface area contributed by atoms with E-state index in [2.05, 4.69) is 10.6 Å². The van der Waals surface area contributed by atoms with Crippen LogP contribution in [0.25, 0.3) is 0 Å². The summed E-state index contributed by atoms with van der Waals surface area (Å²) in [6.45, 7) is 3.71. The number of carbonyl (C=O) groups is 2. The van der Waals surface area contributed by atoms with Crippen LogP contribution in [0, 0.1) is 10.1 Å². The molecule has 0 unspecified atom stereocenters. The Balaban J connectivity index is 2.16. The molecular formula is C17H17N3O4. The molecule has 7 nitrogen and oxygen atoms in total. The quantitative estimate of drug-likeness (QED) is 0.651. The van der Waals surface area contributed by atoms with Crippen LogP contribution < -0.4 is 10.6 Å². The van der Waals surface area contributed by atoms with Crippen LogP contribution in [0.3, 0.4) is 0 Å². The fourth-order valence-corrected chi connectivity index (χ4v) is 2.05. The van der Waals surface area contributed by atoms with E-state index in [-0.39, 0.29) is 23.2 Å². The number of anilines is 1. The second-order valence-electron chi connectivity index (χ2n) is 5.47. The molecule has 0 bridgehead atoms. The summed E-state index contributed by atoms with van der Waals surface area (Å²) in [5, 5.41) is 16.2. The lowest BCUT2D eigenvalue weighted by molar-refractivity contribution is -0.384. The summed E-state index contributed by atoms with van der Waals surface area (Å²) in [5.41, 5.74) is 0.859. The molecule has 7 heteroatoms. The Morgan fingerprint density at radius 3 is 2.25 bits per heavy atom. The number of nitro groups is 1. The largest absolute Gasteiger partial charge is 0.350 e. The van der Waals surface area contributed by atoms with Crippen LogP contribution in [0.2, 0.25) is 0 Å². The van der Waals surface area contributed by atoms with Crippen molar-refractivity contribution in [2.24, 2.45) is 0 Å². The van der Waals surface area contributed by atoms with Crippen LogP contribution >= 0.6 is 0 Å². The molecule has 0 aliphatic rings. The second-order valence-corrected chi connectivity index (χ2v) is 5.47. The van der Waals surface area contributed by atoms with Gasteiger partial charge in [-0.3, -0.25) is 19.7 Å². The number of hydrogen-bond donors (Lipinski definition) is 2. The van der Waals surface area contributed by atoms with E-state index in [4.69, 9.17) is 0 Å². The van der Waals surface area contributed by atoms with Crippen molar-refractivity contribution in [1.82, 2.24) is 5.32 Å². The van der Waals surface area contributed by atoms with Gasteiger partial charge in [-0.15, -0.1) is 0 Å². The highest BCUT2D eigenvalue weighted by Gasteiger charge is 2.13. The summed E-state index contributed by atoms with van der Waals surface area (Å²) in [4.78, 5) is 34.4. The van der Waals surface area contributed by atoms with Crippen molar-refractivity contribution in [2.75, 3.05) is 5.32 Å². The van der Waals surface area contributed by atoms with Crippen LogP contribution in [-0.4, -0.2) is 22.8 Å². The van der Waals surface area contributed by atoms with E-state index in [0.717, 1.165) is 0 Å². The first-order valence-electron chi connectivity index (χ1n) is 7.33. The van der Waals surface area contributed by atoms with E-state index in [0.29, 0.717) is 11.3 Å². The Morgan fingerprint density at radius 1 is 1.00 bits per heavy atom. The molecule has 2 N–H and O–H groups in total. The highest BCUT2D eigenvalue weighted by molar-refractivity contribution is 6.05. The van der Waals surface area contributed by atoms with Crippen molar-refractivity contribution < 1.29 is 14.5 Å². The minimum absolute atomic E-state index is 0.000570. The highest BCUT2D eigenvalue weighted by Crippen LogP contribution is 2.16. The molecule has 0 fully saturated rings. The zero-order chi connectivity index (χ0) is 17.7. The Hall–Kier alpha value is -3.22. The fraction of sp³-hybridized carbons (Fsp3) is 0.176. The number of nitrogens with one attached hydrogen (secondary N) is 2. The fourth-order valence-electron chi connectivity index (χ4n) is 2.05. The van der Waals surface area contributed by atoms with Gasteiger partial charge in [0, 0.05) is 35.0 Å². The van der Waals surface area contributed by atoms with Gasteiger partial charge in [0.2, 0.25) is 0 Å². The summed E-state index contributed by atoms with van der Waals surface area (Å²) in [7, 11) is 0. The molecule has 0 atom stereocenters. The molecule has 24 heavy (non-hydrogen) atoms. The molecule has 0 spiro atoms. The van der Waals surface area contributed by atoms with E-state index >= 15 is 0 Å². The van der Waals surface area contributed by atoms with Gasteiger partial charge in [-0.1, -0.05) is 12.1 Å². The first kappa shape index (κ1) is 17.1. The molecule has 2 aromatic rings. The number of nitro benzene ring substituents is 1. The molecule has 0 aliphatic carbocycles. The average molecular weight is 327 g/mol. The zero-order valence-electron chi connectivity index (χ0n) is 13.3. The molecule has 0 radical (unpaired) electrons. The smallest absolute Gasteiger partial charge is 0.270 e. The SMILES string of the molecule is CC(C)NC(=O)c1cccc(NC(=O)c2cccc([N+](=O)[O-])c2)c1. The van der Waals surface area contributed by atoms with E-state index in [1.165, 1.54) is 24.3 Å². The van der Waals surface area contributed by atoms with Gasteiger partial charge < -0.3 is 10.6 Å². The number of benzene rings is 2. The van der Waals surface area contributed by atoms with E-state index in [1.54, 1.807) is 24.3 Å². The average Bonchev–Trinajstić information content (AvgIpc) is 2.54. The lowest BCUT2D eigenvalue weighted by atomic mass is 10.1. The van der Waals surface area contributed by atoms with Gasteiger partial charge in [-0.05, 0) is 38.1 Å². The zero-order valence-corrected chi connectivity index (χ0v) is 13.3. The number of nitrogens with zero attached hydrogens (tertiary/aromatic N) is 1. The minimum Gasteiger partial charge on any atom is -0.350 e. The Morgan fingerprint density at radius 2 is 1.62 bits per heavy atom. The van der Waals surface area contributed by atoms with Gasteiger partial charge in [0.05, 0.1) is 4.92 Å². The Bertz CT molecular complexity index is 787. The minimum atomic E-state index is -0.562. The monoisotopic (exact) mass is 327 g/mol. The maximum Gasteiger partial charge on any atom is 0.270 e. The number of amides is 2. The van der Waals surface area contributed by atoms with Crippen LogP contribution in [0.1, 0.15) is 34.6 Å². The Labute approximate surface area is 138 Å². The molecule has 2 amide bonds. The lowest BCUT2D eigenvalue weighted by Gasteiger charge is -2.10. The topological polar surface area (TPSA) is 101 Å². The number of carbonyl (C=O) groups excluding carboxylic acids is 2. The van der Waals surface area contributed by atoms with Crippen molar-refractivity contribution in [1.29, 1.82) is 0 Å². The van der Waals surface area contributed by atoms with Crippen LogP contribution in [0.15, 0.2) is 48.5 Å². The molecular weight excluding hydrogens is 310 g/mol. The number of non-ortho nitro benzene ring substituents is 1. The normalized spacial score (nSPS) is 10.3. The highest BCUT2D eigenvalue weighted by atomic mass is 16.6. The Kier molecular flexibility index (Phi) is 5.26. The third kappa shape index (κ3) is 4.39.